The van der Waals surface area contributed by atoms with Gasteiger partial charge in [-0.1, -0.05) is 20.8 Å². The van der Waals surface area contributed by atoms with Crippen LogP contribution in [0.3, 0.4) is 0 Å². The predicted octanol–water partition coefficient (Wildman–Crippen LogP) is 2.76. The third-order valence-electron chi connectivity index (χ3n) is 3.04. The van der Waals surface area contributed by atoms with Crippen LogP contribution in [0, 0.1) is 11.3 Å². The molecule has 1 rings (SSSR count). The van der Waals surface area contributed by atoms with Crippen LogP contribution in [0.5, 0.6) is 0 Å². The first kappa shape index (κ1) is 11.4. The van der Waals surface area contributed by atoms with Crippen molar-refractivity contribution >= 4 is 11.8 Å². The van der Waals surface area contributed by atoms with E-state index in [0.29, 0.717) is 11.5 Å². The number of rotatable bonds is 3. The molecule has 1 saturated heterocycles. The zero-order chi connectivity index (χ0) is 9.90. The molecule has 0 spiro atoms. The monoisotopic (exact) mass is 201 g/mol. The lowest BCUT2D eigenvalue weighted by atomic mass is 9.88. The standard InChI is InChI=1S/C11H23NS/c1-9(11(2,3)4)12-7-10-5-6-13-8-10/h9-10,12H,5-8H2,1-4H3. The Balaban J connectivity index is 2.17. The zero-order valence-electron chi connectivity index (χ0n) is 9.39. The number of thioether (sulfide) groups is 1. The van der Waals surface area contributed by atoms with Gasteiger partial charge < -0.3 is 5.32 Å². The summed E-state index contributed by atoms with van der Waals surface area (Å²) in [7, 11) is 0. The fourth-order valence-electron chi connectivity index (χ4n) is 1.39. The van der Waals surface area contributed by atoms with E-state index in [1.54, 1.807) is 0 Å². The summed E-state index contributed by atoms with van der Waals surface area (Å²) in [5.74, 6) is 3.66. The molecule has 0 amide bonds. The SMILES string of the molecule is CC(NCC1CCSC1)C(C)(C)C. The lowest BCUT2D eigenvalue weighted by molar-refractivity contribution is 0.276. The highest BCUT2D eigenvalue weighted by Crippen LogP contribution is 2.24. The van der Waals surface area contributed by atoms with E-state index in [1.165, 1.54) is 24.5 Å². The average molecular weight is 201 g/mol. The van der Waals surface area contributed by atoms with Crippen LogP contribution in [0.25, 0.3) is 0 Å². The van der Waals surface area contributed by atoms with Gasteiger partial charge in [0.05, 0.1) is 0 Å². The Morgan fingerprint density at radius 1 is 1.46 bits per heavy atom. The predicted molar refractivity (Wildman–Crippen MR) is 62.4 cm³/mol. The van der Waals surface area contributed by atoms with Crippen LogP contribution >= 0.6 is 11.8 Å². The highest BCUT2D eigenvalue weighted by Gasteiger charge is 2.21. The first-order valence-corrected chi connectivity index (χ1v) is 6.47. The van der Waals surface area contributed by atoms with Gasteiger partial charge in [-0.2, -0.15) is 11.8 Å². The molecule has 0 saturated carbocycles. The van der Waals surface area contributed by atoms with Crippen LogP contribution in [0.2, 0.25) is 0 Å². The quantitative estimate of drug-likeness (QED) is 0.753. The summed E-state index contributed by atoms with van der Waals surface area (Å²) in [6, 6.07) is 0.623. The van der Waals surface area contributed by atoms with E-state index in [-0.39, 0.29) is 0 Å². The Hall–Kier alpha value is 0.310. The van der Waals surface area contributed by atoms with Gasteiger partial charge >= 0.3 is 0 Å². The molecule has 1 N–H and O–H groups in total. The van der Waals surface area contributed by atoms with Crippen molar-refractivity contribution in [3.8, 4) is 0 Å². The van der Waals surface area contributed by atoms with E-state index in [1.807, 2.05) is 0 Å². The summed E-state index contributed by atoms with van der Waals surface area (Å²) in [5, 5.41) is 3.65. The van der Waals surface area contributed by atoms with E-state index >= 15 is 0 Å². The van der Waals surface area contributed by atoms with Crippen LogP contribution in [0.15, 0.2) is 0 Å². The first-order chi connectivity index (χ1) is 6.00. The third kappa shape index (κ3) is 3.90. The molecule has 2 atom stereocenters. The smallest absolute Gasteiger partial charge is 0.00873 e. The second kappa shape index (κ2) is 4.70. The summed E-state index contributed by atoms with van der Waals surface area (Å²) in [6.45, 7) is 10.4. The molecule has 2 heteroatoms. The zero-order valence-corrected chi connectivity index (χ0v) is 10.2. The van der Waals surface area contributed by atoms with Crippen molar-refractivity contribution in [2.75, 3.05) is 18.1 Å². The first-order valence-electron chi connectivity index (χ1n) is 5.31. The lowest BCUT2D eigenvalue weighted by Gasteiger charge is -2.29. The van der Waals surface area contributed by atoms with E-state index in [9.17, 15) is 0 Å². The minimum absolute atomic E-state index is 0.395. The molecular formula is C11H23NS. The van der Waals surface area contributed by atoms with Crippen LogP contribution in [-0.2, 0) is 0 Å². The van der Waals surface area contributed by atoms with Crippen molar-refractivity contribution in [2.45, 2.75) is 40.2 Å². The average Bonchev–Trinajstić information content (AvgIpc) is 2.50. The van der Waals surface area contributed by atoms with Crippen molar-refractivity contribution in [2.24, 2.45) is 11.3 Å². The molecule has 0 aromatic rings. The Morgan fingerprint density at radius 3 is 2.62 bits per heavy atom. The molecule has 78 valence electrons. The van der Waals surface area contributed by atoms with E-state index in [2.05, 4.69) is 44.8 Å². The van der Waals surface area contributed by atoms with Gasteiger partial charge in [-0.15, -0.1) is 0 Å². The maximum Gasteiger partial charge on any atom is 0.00873 e. The van der Waals surface area contributed by atoms with Crippen molar-refractivity contribution in [1.29, 1.82) is 0 Å². The molecule has 0 aromatic carbocycles. The summed E-state index contributed by atoms with van der Waals surface area (Å²) >= 11 is 2.10. The molecule has 1 fully saturated rings. The minimum Gasteiger partial charge on any atom is -0.313 e. The van der Waals surface area contributed by atoms with E-state index in [4.69, 9.17) is 0 Å². The largest absolute Gasteiger partial charge is 0.313 e. The maximum absolute atomic E-state index is 3.65. The van der Waals surface area contributed by atoms with Crippen molar-refractivity contribution in [3.05, 3.63) is 0 Å². The molecule has 1 nitrogen and oxygen atoms in total. The fraction of sp³-hybridized carbons (Fsp3) is 1.00. The lowest BCUT2D eigenvalue weighted by Crippen LogP contribution is -2.40. The number of hydrogen-bond acceptors (Lipinski definition) is 2. The van der Waals surface area contributed by atoms with Crippen molar-refractivity contribution < 1.29 is 0 Å². The topological polar surface area (TPSA) is 12.0 Å². The van der Waals surface area contributed by atoms with Gasteiger partial charge in [-0.3, -0.25) is 0 Å². The molecule has 13 heavy (non-hydrogen) atoms. The van der Waals surface area contributed by atoms with Crippen molar-refractivity contribution in [3.63, 3.8) is 0 Å². The van der Waals surface area contributed by atoms with Gasteiger partial charge in [0.2, 0.25) is 0 Å². The number of hydrogen-bond donors (Lipinski definition) is 1. The van der Waals surface area contributed by atoms with Gasteiger partial charge in [0.15, 0.2) is 0 Å². The summed E-state index contributed by atoms with van der Waals surface area (Å²) in [6.07, 6.45) is 1.41. The normalized spacial score (nSPS) is 26.3. The van der Waals surface area contributed by atoms with Gasteiger partial charge in [0.25, 0.3) is 0 Å². The molecule has 1 aliphatic heterocycles. The molecule has 0 bridgehead atoms. The second-order valence-electron chi connectivity index (χ2n) is 5.23. The highest BCUT2D eigenvalue weighted by molar-refractivity contribution is 7.99. The minimum atomic E-state index is 0.395. The Kier molecular flexibility index (Phi) is 4.11. The molecular weight excluding hydrogens is 178 g/mol. The molecule has 2 unspecified atom stereocenters. The Bertz CT molecular complexity index is 145. The van der Waals surface area contributed by atoms with Gasteiger partial charge in [-0.05, 0) is 42.7 Å². The van der Waals surface area contributed by atoms with E-state index < -0.39 is 0 Å². The second-order valence-corrected chi connectivity index (χ2v) is 6.38. The van der Waals surface area contributed by atoms with E-state index in [0.717, 1.165) is 5.92 Å². The molecule has 0 aliphatic carbocycles. The summed E-state index contributed by atoms with van der Waals surface area (Å²) in [4.78, 5) is 0. The highest BCUT2D eigenvalue weighted by atomic mass is 32.2. The van der Waals surface area contributed by atoms with Gasteiger partial charge in [-0.25, -0.2) is 0 Å². The van der Waals surface area contributed by atoms with Crippen LogP contribution in [-0.4, -0.2) is 24.1 Å². The summed E-state index contributed by atoms with van der Waals surface area (Å²) < 4.78 is 0. The number of nitrogens with one attached hydrogen (secondary N) is 1. The van der Waals surface area contributed by atoms with Gasteiger partial charge in [0, 0.05) is 6.04 Å². The summed E-state index contributed by atoms with van der Waals surface area (Å²) in [5.41, 5.74) is 0.395. The molecule has 0 aromatic heterocycles. The Morgan fingerprint density at radius 2 is 2.15 bits per heavy atom. The Labute approximate surface area is 87.1 Å². The third-order valence-corrected chi connectivity index (χ3v) is 4.27. The molecule has 1 aliphatic rings. The molecule has 0 radical (unpaired) electrons. The van der Waals surface area contributed by atoms with Gasteiger partial charge in [0.1, 0.15) is 0 Å². The van der Waals surface area contributed by atoms with Crippen LogP contribution in [0.1, 0.15) is 34.1 Å². The van der Waals surface area contributed by atoms with Crippen LogP contribution in [0.4, 0.5) is 0 Å². The molecule has 1 heterocycles. The van der Waals surface area contributed by atoms with Crippen LogP contribution < -0.4 is 5.32 Å². The van der Waals surface area contributed by atoms with Crippen molar-refractivity contribution in [1.82, 2.24) is 5.32 Å². The maximum atomic E-state index is 3.65. The fourth-order valence-corrected chi connectivity index (χ4v) is 2.68.